The van der Waals surface area contributed by atoms with Crippen LogP contribution in [0.3, 0.4) is 0 Å². The average Bonchev–Trinajstić information content (AvgIpc) is 3.22. The Labute approximate surface area is 144 Å². The van der Waals surface area contributed by atoms with Crippen molar-refractivity contribution in [2.75, 3.05) is 19.6 Å². The highest BCUT2D eigenvalue weighted by Gasteiger charge is 2.41. The lowest BCUT2D eigenvalue weighted by molar-refractivity contribution is -0.116. The van der Waals surface area contributed by atoms with Crippen LogP contribution in [0.5, 0.6) is 0 Å². The van der Waals surface area contributed by atoms with Gasteiger partial charge in [-0.15, -0.1) is 11.3 Å². The topological polar surface area (TPSA) is 101 Å². The second kappa shape index (κ2) is 7.02. The molecule has 0 bridgehead atoms. The molecule has 1 aliphatic rings. The maximum atomic E-state index is 11.9. The van der Waals surface area contributed by atoms with Gasteiger partial charge in [0.2, 0.25) is 0 Å². The minimum absolute atomic E-state index is 0.0118. The maximum absolute atomic E-state index is 11.9. The van der Waals surface area contributed by atoms with E-state index in [0.717, 1.165) is 6.54 Å². The molecule has 0 radical (unpaired) electrons. The van der Waals surface area contributed by atoms with E-state index < -0.39 is 11.7 Å². The number of carbonyl (C=O) groups is 1. The minimum atomic E-state index is -1.31. The number of amides is 1. The zero-order valence-corrected chi connectivity index (χ0v) is 14.3. The zero-order valence-electron chi connectivity index (χ0n) is 13.5. The zero-order chi connectivity index (χ0) is 17.2. The number of thiophene rings is 1. The van der Waals surface area contributed by atoms with E-state index in [4.69, 9.17) is 0 Å². The van der Waals surface area contributed by atoms with Crippen LogP contribution in [-0.4, -0.2) is 62.3 Å². The number of hydrogen-bond acceptors (Lipinski definition) is 6. The van der Waals surface area contributed by atoms with Crippen molar-refractivity contribution in [1.82, 2.24) is 20.2 Å². The number of aliphatic hydroxyl groups excluding tert-OH is 1. The highest BCUT2D eigenvalue weighted by Crippen LogP contribution is 2.25. The number of hydrogen-bond donors (Lipinski definition) is 4. The van der Waals surface area contributed by atoms with E-state index in [1.807, 2.05) is 0 Å². The van der Waals surface area contributed by atoms with Gasteiger partial charge in [0.05, 0.1) is 18.6 Å². The fourth-order valence-corrected chi connectivity index (χ4v) is 3.80. The van der Waals surface area contributed by atoms with Gasteiger partial charge < -0.3 is 20.5 Å². The monoisotopic (exact) mass is 350 g/mol. The Morgan fingerprint density at radius 2 is 2.46 bits per heavy atom. The second-order valence-electron chi connectivity index (χ2n) is 6.28. The molecule has 0 aromatic carbocycles. The first kappa shape index (κ1) is 17.1. The number of nitrogens with one attached hydrogen (secondary N) is 2. The van der Waals surface area contributed by atoms with Crippen LogP contribution in [0.2, 0.25) is 0 Å². The number of imidazole rings is 1. The Hall–Kier alpha value is -1.74. The first-order valence-electron chi connectivity index (χ1n) is 7.90. The number of H-pyrrole nitrogens is 1. The van der Waals surface area contributed by atoms with Crippen molar-refractivity contribution in [3.63, 3.8) is 0 Å². The van der Waals surface area contributed by atoms with Gasteiger partial charge in [0.15, 0.2) is 0 Å². The number of aryl methyl sites for hydroxylation is 1. The van der Waals surface area contributed by atoms with Gasteiger partial charge in [0, 0.05) is 31.1 Å². The summed E-state index contributed by atoms with van der Waals surface area (Å²) in [6.45, 7) is 3.92. The number of piperidine rings is 1. The van der Waals surface area contributed by atoms with Gasteiger partial charge in [0.1, 0.15) is 11.3 Å². The quantitative estimate of drug-likeness (QED) is 0.629. The van der Waals surface area contributed by atoms with Crippen molar-refractivity contribution in [1.29, 1.82) is 0 Å². The highest BCUT2D eigenvalue weighted by atomic mass is 32.1. The molecule has 1 amide bonds. The summed E-state index contributed by atoms with van der Waals surface area (Å²) in [5.41, 5.74) is 0.275. The number of aromatic nitrogens is 2. The van der Waals surface area contributed by atoms with Crippen molar-refractivity contribution in [3.8, 4) is 0 Å². The van der Waals surface area contributed by atoms with Crippen LogP contribution in [0.15, 0.2) is 24.0 Å². The summed E-state index contributed by atoms with van der Waals surface area (Å²) in [6.07, 6.45) is 2.33. The minimum Gasteiger partial charge on any atom is -0.389 e. The second-order valence-corrected chi connectivity index (χ2v) is 7.28. The van der Waals surface area contributed by atoms with Gasteiger partial charge in [-0.1, -0.05) is 0 Å². The molecule has 1 aliphatic heterocycles. The maximum Gasteiger partial charge on any atom is 0.269 e. The number of aliphatic hydroxyl groups is 2. The number of rotatable bonds is 5. The molecule has 0 aliphatic carbocycles. The van der Waals surface area contributed by atoms with Crippen LogP contribution in [0.4, 0.5) is 0 Å². The van der Waals surface area contributed by atoms with E-state index in [2.05, 4.69) is 38.6 Å². The third kappa shape index (κ3) is 3.67. The van der Waals surface area contributed by atoms with Gasteiger partial charge in [-0.05, 0) is 30.4 Å². The van der Waals surface area contributed by atoms with Gasteiger partial charge in [0.25, 0.3) is 5.91 Å². The Balaban J connectivity index is 1.54. The van der Waals surface area contributed by atoms with Crippen LogP contribution < -0.4 is 5.32 Å². The van der Waals surface area contributed by atoms with Crippen LogP contribution >= 0.6 is 11.3 Å². The van der Waals surface area contributed by atoms with E-state index in [1.54, 1.807) is 11.3 Å². The number of nitrogens with zero attached hydrogens (tertiary/aromatic N) is 2. The summed E-state index contributed by atoms with van der Waals surface area (Å²) in [5.74, 6) is -0.343. The molecule has 3 heterocycles. The fourth-order valence-electron chi connectivity index (χ4n) is 2.85. The van der Waals surface area contributed by atoms with Crippen LogP contribution in [0, 0.1) is 6.92 Å². The third-order valence-corrected chi connectivity index (χ3v) is 5.55. The molecule has 2 atom stereocenters. The van der Waals surface area contributed by atoms with Gasteiger partial charge in [-0.3, -0.25) is 9.69 Å². The molecule has 0 spiro atoms. The summed E-state index contributed by atoms with van der Waals surface area (Å²) in [6, 6.07) is 2.09. The SMILES string of the molecule is Cc1ccsc1CN1CC[C@@](O)(CNC(=O)c2cnc[nH]2)[C@H](O)C1. The average molecular weight is 350 g/mol. The lowest BCUT2D eigenvalue weighted by Gasteiger charge is -2.42. The van der Waals surface area contributed by atoms with Gasteiger partial charge >= 0.3 is 0 Å². The summed E-state index contributed by atoms with van der Waals surface area (Å²) < 4.78 is 0. The van der Waals surface area contributed by atoms with E-state index in [0.29, 0.717) is 25.2 Å². The lowest BCUT2D eigenvalue weighted by Crippen LogP contribution is -2.60. The van der Waals surface area contributed by atoms with Crippen molar-refractivity contribution in [2.24, 2.45) is 0 Å². The first-order valence-corrected chi connectivity index (χ1v) is 8.78. The molecule has 1 saturated heterocycles. The molecule has 0 unspecified atom stereocenters. The number of likely N-dealkylation sites (tertiary alicyclic amines) is 1. The van der Waals surface area contributed by atoms with E-state index in [-0.39, 0.29) is 12.5 Å². The standard InChI is InChI=1S/C16H22N4O3S/c1-11-2-5-24-13(11)7-20-4-3-16(23,14(21)8-20)9-18-15(22)12-6-17-10-19-12/h2,5-6,10,14,21,23H,3-4,7-9H2,1H3,(H,17,19)(H,18,22)/t14-,16-/m1/s1. The first-order chi connectivity index (χ1) is 11.5. The molecule has 2 aromatic heterocycles. The van der Waals surface area contributed by atoms with Crippen molar-refractivity contribution >= 4 is 17.2 Å². The predicted octanol–water partition coefficient (Wildman–Crippen LogP) is 0.507. The molecular formula is C16H22N4O3S. The molecule has 4 N–H and O–H groups in total. The van der Waals surface area contributed by atoms with Crippen LogP contribution in [0.25, 0.3) is 0 Å². The summed E-state index contributed by atoms with van der Waals surface area (Å²) in [5, 5.41) is 25.8. The molecule has 8 heteroatoms. The Morgan fingerprint density at radius 1 is 1.62 bits per heavy atom. The summed E-state index contributed by atoms with van der Waals surface area (Å²) in [7, 11) is 0. The molecule has 7 nitrogen and oxygen atoms in total. The van der Waals surface area contributed by atoms with E-state index in [9.17, 15) is 15.0 Å². The smallest absolute Gasteiger partial charge is 0.269 e. The fraction of sp³-hybridized carbons (Fsp3) is 0.500. The van der Waals surface area contributed by atoms with E-state index >= 15 is 0 Å². The summed E-state index contributed by atoms with van der Waals surface area (Å²) in [4.78, 5) is 21.8. The molecule has 1 fully saturated rings. The molecule has 130 valence electrons. The summed E-state index contributed by atoms with van der Waals surface area (Å²) >= 11 is 1.70. The Bertz CT molecular complexity index is 687. The Morgan fingerprint density at radius 3 is 3.08 bits per heavy atom. The molecule has 24 heavy (non-hydrogen) atoms. The normalized spacial score (nSPS) is 24.9. The molecular weight excluding hydrogens is 328 g/mol. The van der Waals surface area contributed by atoms with Gasteiger partial charge in [-0.2, -0.15) is 0 Å². The number of β-amino-alcohol motifs (C(OH)–C–C–N with tert-alkyl or cyclic N) is 1. The molecule has 3 rings (SSSR count). The molecule has 0 saturated carbocycles. The third-order valence-electron chi connectivity index (χ3n) is 4.55. The number of aromatic amines is 1. The van der Waals surface area contributed by atoms with E-state index in [1.165, 1.54) is 23.0 Å². The lowest BCUT2D eigenvalue weighted by atomic mass is 9.88. The van der Waals surface area contributed by atoms with Crippen LogP contribution in [0.1, 0.15) is 27.3 Å². The van der Waals surface area contributed by atoms with Crippen molar-refractivity contribution in [2.45, 2.75) is 31.6 Å². The van der Waals surface area contributed by atoms with Crippen molar-refractivity contribution < 1.29 is 15.0 Å². The van der Waals surface area contributed by atoms with Gasteiger partial charge in [-0.25, -0.2) is 4.98 Å². The number of carbonyl (C=O) groups excluding carboxylic acids is 1. The largest absolute Gasteiger partial charge is 0.389 e. The Kier molecular flexibility index (Phi) is 5.00. The van der Waals surface area contributed by atoms with Crippen LogP contribution in [-0.2, 0) is 6.54 Å². The predicted molar refractivity (Wildman–Crippen MR) is 90.8 cm³/mol. The highest BCUT2D eigenvalue weighted by molar-refractivity contribution is 7.10. The molecule has 2 aromatic rings. The van der Waals surface area contributed by atoms with Crippen molar-refractivity contribution in [3.05, 3.63) is 40.1 Å².